The van der Waals surface area contributed by atoms with Crippen molar-refractivity contribution in [3.8, 4) is 0 Å². The SMILES string of the molecule is CC(=O)N[C@]1([C@@H](O)[C@H](O)C(O)CO)OOC1=O. The third-order valence-electron chi connectivity index (χ3n) is 2.24. The lowest BCUT2D eigenvalue weighted by Crippen LogP contribution is -2.73. The van der Waals surface area contributed by atoms with Crippen LogP contribution in [-0.4, -0.2) is 62.9 Å². The summed E-state index contributed by atoms with van der Waals surface area (Å²) in [7, 11) is 0. The zero-order valence-corrected chi connectivity index (χ0v) is 8.86. The van der Waals surface area contributed by atoms with E-state index in [1.165, 1.54) is 0 Å². The van der Waals surface area contributed by atoms with Gasteiger partial charge in [0.1, 0.15) is 18.3 Å². The molecular formula is C8H13NO8. The molecule has 1 heterocycles. The van der Waals surface area contributed by atoms with Gasteiger partial charge in [-0.15, -0.1) is 4.89 Å². The van der Waals surface area contributed by atoms with Gasteiger partial charge in [-0.2, -0.15) is 0 Å². The summed E-state index contributed by atoms with van der Waals surface area (Å²) in [6.07, 6.45) is -5.60. The Kier molecular flexibility index (Phi) is 4.01. The summed E-state index contributed by atoms with van der Waals surface area (Å²) < 4.78 is 0. The van der Waals surface area contributed by atoms with Crippen molar-refractivity contribution >= 4 is 11.9 Å². The van der Waals surface area contributed by atoms with Crippen molar-refractivity contribution in [3.63, 3.8) is 0 Å². The number of nitrogens with one attached hydrogen (secondary N) is 1. The smallest absolute Gasteiger partial charge is 0.394 e. The second kappa shape index (κ2) is 4.94. The molecule has 0 aromatic rings. The molecule has 9 heteroatoms. The van der Waals surface area contributed by atoms with Gasteiger partial charge in [0, 0.05) is 6.92 Å². The Morgan fingerprint density at radius 1 is 1.47 bits per heavy atom. The van der Waals surface area contributed by atoms with Crippen LogP contribution in [-0.2, 0) is 19.4 Å². The van der Waals surface area contributed by atoms with E-state index in [-0.39, 0.29) is 0 Å². The van der Waals surface area contributed by atoms with Crippen LogP contribution in [0.4, 0.5) is 0 Å². The van der Waals surface area contributed by atoms with Gasteiger partial charge in [0.2, 0.25) is 5.91 Å². The monoisotopic (exact) mass is 251 g/mol. The summed E-state index contributed by atoms with van der Waals surface area (Å²) in [5, 5.41) is 38.7. The van der Waals surface area contributed by atoms with Crippen LogP contribution < -0.4 is 5.32 Å². The highest BCUT2D eigenvalue weighted by Gasteiger charge is 2.62. The number of carbonyl (C=O) groups excluding carboxylic acids is 2. The Labute approximate surface area is 95.5 Å². The summed E-state index contributed by atoms with van der Waals surface area (Å²) in [6, 6.07) is 0. The number of amides is 1. The standard InChI is InChI=1S/C8H13NO8/c1-3(11)9-8(7(15)16-17-8)6(14)5(13)4(12)2-10/h4-6,10,12-14H,2H2,1H3,(H,9,11)/t4?,5-,6+,8-/m1/s1. The van der Waals surface area contributed by atoms with E-state index >= 15 is 0 Å². The van der Waals surface area contributed by atoms with Crippen molar-refractivity contribution in [2.24, 2.45) is 0 Å². The Balaban J connectivity index is 2.85. The molecule has 98 valence electrons. The fourth-order valence-corrected chi connectivity index (χ4v) is 1.30. The molecule has 5 N–H and O–H groups in total. The summed E-state index contributed by atoms with van der Waals surface area (Å²) >= 11 is 0. The third kappa shape index (κ3) is 2.37. The molecule has 0 spiro atoms. The molecule has 0 aliphatic carbocycles. The maximum atomic E-state index is 11.2. The minimum absolute atomic E-state index is 0.716. The van der Waals surface area contributed by atoms with Crippen molar-refractivity contribution in [1.82, 2.24) is 5.32 Å². The zero-order valence-electron chi connectivity index (χ0n) is 8.86. The van der Waals surface area contributed by atoms with Crippen molar-refractivity contribution in [2.45, 2.75) is 31.0 Å². The van der Waals surface area contributed by atoms with Gasteiger partial charge in [-0.1, -0.05) is 0 Å². The molecule has 1 rings (SSSR count). The summed E-state index contributed by atoms with van der Waals surface area (Å²) in [5.41, 5.74) is -2.26. The number of hydrogen-bond acceptors (Lipinski definition) is 8. The van der Waals surface area contributed by atoms with E-state index in [4.69, 9.17) is 10.2 Å². The maximum absolute atomic E-state index is 11.2. The average molecular weight is 251 g/mol. The quantitative estimate of drug-likeness (QED) is 0.315. The van der Waals surface area contributed by atoms with Crippen molar-refractivity contribution in [2.75, 3.05) is 6.61 Å². The molecule has 17 heavy (non-hydrogen) atoms. The highest BCUT2D eigenvalue weighted by Crippen LogP contribution is 2.28. The lowest BCUT2D eigenvalue weighted by molar-refractivity contribution is -0.428. The van der Waals surface area contributed by atoms with Crippen molar-refractivity contribution in [3.05, 3.63) is 0 Å². The second-order valence-electron chi connectivity index (χ2n) is 3.56. The molecule has 0 aromatic heterocycles. The first kappa shape index (κ1) is 13.8. The average Bonchev–Trinajstić information content (AvgIpc) is 2.30. The van der Waals surface area contributed by atoms with E-state index in [2.05, 4.69) is 9.78 Å². The van der Waals surface area contributed by atoms with Gasteiger partial charge in [-0.05, 0) is 0 Å². The molecule has 1 fully saturated rings. The first-order chi connectivity index (χ1) is 7.85. The predicted octanol–water partition coefficient (Wildman–Crippen LogP) is -3.62. The van der Waals surface area contributed by atoms with Crippen LogP contribution in [0.25, 0.3) is 0 Å². The molecular weight excluding hydrogens is 238 g/mol. The molecule has 0 aromatic carbocycles. The van der Waals surface area contributed by atoms with E-state index in [0.29, 0.717) is 0 Å². The Bertz CT molecular complexity index is 321. The number of aliphatic hydroxyl groups excluding tert-OH is 4. The first-order valence-corrected chi connectivity index (χ1v) is 4.69. The Morgan fingerprint density at radius 3 is 2.35 bits per heavy atom. The van der Waals surface area contributed by atoms with E-state index in [1.807, 2.05) is 5.32 Å². The molecule has 4 atom stereocenters. The third-order valence-corrected chi connectivity index (χ3v) is 2.24. The molecule has 1 aliphatic heterocycles. The van der Waals surface area contributed by atoms with Crippen LogP contribution in [0.3, 0.4) is 0 Å². The Hall–Kier alpha value is -1.26. The van der Waals surface area contributed by atoms with E-state index < -0.39 is 42.5 Å². The molecule has 0 radical (unpaired) electrons. The van der Waals surface area contributed by atoms with Gasteiger partial charge >= 0.3 is 11.7 Å². The van der Waals surface area contributed by atoms with E-state index in [9.17, 15) is 19.8 Å². The van der Waals surface area contributed by atoms with Gasteiger partial charge in [0.25, 0.3) is 0 Å². The lowest BCUT2D eigenvalue weighted by Gasteiger charge is -2.41. The minimum Gasteiger partial charge on any atom is -0.394 e. The number of rotatable bonds is 5. The van der Waals surface area contributed by atoms with Crippen LogP contribution in [0.1, 0.15) is 6.92 Å². The highest BCUT2D eigenvalue weighted by atomic mass is 17.3. The molecule has 1 aliphatic rings. The van der Waals surface area contributed by atoms with Gasteiger partial charge in [-0.25, -0.2) is 4.79 Å². The topological polar surface area (TPSA) is 146 Å². The first-order valence-electron chi connectivity index (χ1n) is 4.69. The summed E-state index contributed by atoms with van der Waals surface area (Å²) in [5.74, 6) is -1.84. The largest absolute Gasteiger partial charge is 0.401 e. The van der Waals surface area contributed by atoms with E-state index in [0.717, 1.165) is 6.92 Å². The van der Waals surface area contributed by atoms with Gasteiger partial charge in [0.05, 0.1) is 6.61 Å². The summed E-state index contributed by atoms with van der Waals surface area (Å²) in [4.78, 5) is 30.3. The van der Waals surface area contributed by atoms with Crippen LogP contribution in [0.15, 0.2) is 0 Å². The fraction of sp³-hybridized carbons (Fsp3) is 0.750. The molecule has 1 amide bonds. The van der Waals surface area contributed by atoms with Crippen molar-refractivity contribution in [1.29, 1.82) is 0 Å². The van der Waals surface area contributed by atoms with Gasteiger partial charge in [-0.3, -0.25) is 9.68 Å². The molecule has 0 bridgehead atoms. The van der Waals surface area contributed by atoms with Crippen LogP contribution >= 0.6 is 0 Å². The van der Waals surface area contributed by atoms with Gasteiger partial charge in [0.15, 0.2) is 0 Å². The fourth-order valence-electron chi connectivity index (χ4n) is 1.30. The molecule has 9 nitrogen and oxygen atoms in total. The summed E-state index contributed by atoms with van der Waals surface area (Å²) in [6.45, 7) is 0.210. The van der Waals surface area contributed by atoms with E-state index in [1.54, 1.807) is 0 Å². The number of hydrogen-bond donors (Lipinski definition) is 5. The number of carbonyl (C=O) groups is 2. The van der Waals surface area contributed by atoms with Crippen LogP contribution in [0.2, 0.25) is 0 Å². The second-order valence-corrected chi connectivity index (χ2v) is 3.56. The van der Waals surface area contributed by atoms with Crippen molar-refractivity contribution < 1.29 is 39.8 Å². The van der Waals surface area contributed by atoms with Crippen LogP contribution in [0, 0.1) is 0 Å². The maximum Gasteiger partial charge on any atom is 0.401 e. The van der Waals surface area contributed by atoms with Gasteiger partial charge < -0.3 is 25.7 Å². The number of aliphatic hydroxyl groups is 4. The Morgan fingerprint density at radius 2 is 2.06 bits per heavy atom. The normalized spacial score (nSPS) is 28.6. The van der Waals surface area contributed by atoms with Crippen LogP contribution in [0.5, 0.6) is 0 Å². The molecule has 0 saturated carbocycles. The predicted molar refractivity (Wildman–Crippen MR) is 48.8 cm³/mol. The molecule has 1 unspecified atom stereocenters. The zero-order chi connectivity index (χ0) is 13.2. The molecule has 1 saturated heterocycles. The highest BCUT2D eigenvalue weighted by molar-refractivity contribution is 5.88. The lowest BCUT2D eigenvalue weighted by atomic mass is 9.96. The minimum atomic E-state index is -2.26.